The van der Waals surface area contributed by atoms with Crippen LogP contribution in [-0.4, -0.2) is 26.5 Å². The molecule has 21 heavy (non-hydrogen) atoms. The number of aryl methyl sites for hydroxylation is 1. The van der Waals surface area contributed by atoms with Gasteiger partial charge in [0.1, 0.15) is 5.75 Å². The van der Waals surface area contributed by atoms with Crippen LogP contribution in [0.4, 0.5) is 5.69 Å². The average Bonchev–Trinajstić information content (AvgIpc) is 2.54. The minimum absolute atomic E-state index is 0.0505. The van der Waals surface area contributed by atoms with Gasteiger partial charge in [0.15, 0.2) is 5.78 Å². The quantitative estimate of drug-likeness (QED) is 0.759. The van der Waals surface area contributed by atoms with E-state index in [1.165, 1.54) is 5.56 Å². The molecule has 0 saturated carbocycles. The molecule has 0 unspecified atom stereocenters. The maximum absolute atomic E-state index is 12.4. The summed E-state index contributed by atoms with van der Waals surface area (Å²) in [5.41, 5.74) is 2.95. The van der Waals surface area contributed by atoms with Gasteiger partial charge in [-0.05, 0) is 36.2 Å². The number of Topliss-reactive ketones (excluding diaryl/α,β-unsaturated/α-hetero) is 1. The molecule has 0 saturated heterocycles. The number of para-hydroxylation sites is 1. The number of methoxy groups -OCH3 is 1. The molecule has 3 nitrogen and oxygen atoms in total. The fraction of sp³-hybridized carbons (Fsp3) is 0.278. The smallest absolute Gasteiger partial charge is 0.185 e. The molecule has 0 fully saturated rings. The Labute approximate surface area is 126 Å². The van der Waals surface area contributed by atoms with Crippen LogP contribution in [0.5, 0.6) is 5.75 Å². The molecule has 0 bridgehead atoms. The molecule has 0 aliphatic carbocycles. The van der Waals surface area contributed by atoms with E-state index in [9.17, 15) is 4.79 Å². The highest BCUT2D eigenvalue weighted by Gasteiger charge is 2.14. The molecular formula is C18H21NO2. The summed E-state index contributed by atoms with van der Waals surface area (Å²) < 4.78 is 5.24. The van der Waals surface area contributed by atoms with Crippen LogP contribution < -0.4 is 9.64 Å². The topological polar surface area (TPSA) is 29.5 Å². The number of nitrogens with zero attached hydrogens (tertiary/aromatic N) is 1. The maximum atomic E-state index is 12.4. The maximum Gasteiger partial charge on any atom is 0.185 e. The van der Waals surface area contributed by atoms with Crippen molar-refractivity contribution in [3.05, 3.63) is 59.7 Å². The van der Waals surface area contributed by atoms with Gasteiger partial charge in [0, 0.05) is 12.7 Å². The fourth-order valence-corrected chi connectivity index (χ4v) is 2.25. The number of carbonyl (C=O) groups excluding carboxylic acids is 1. The number of benzene rings is 2. The predicted molar refractivity (Wildman–Crippen MR) is 86.4 cm³/mol. The molecule has 0 radical (unpaired) electrons. The van der Waals surface area contributed by atoms with Crippen LogP contribution in [0.1, 0.15) is 22.8 Å². The molecule has 2 rings (SSSR count). The minimum atomic E-state index is 0.0505. The Hall–Kier alpha value is -2.29. The molecular weight excluding hydrogens is 262 g/mol. The molecule has 0 aromatic heterocycles. The van der Waals surface area contributed by atoms with E-state index in [4.69, 9.17) is 4.74 Å². The standard InChI is InChI=1S/C18H21NO2/c1-4-14-9-11-15(12-10-14)19(2)13-17(20)16-7-5-6-8-18(16)21-3/h5-12H,4,13H2,1-3H3. The van der Waals surface area contributed by atoms with Crippen LogP contribution >= 0.6 is 0 Å². The number of ether oxygens (including phenoxy) is 1. The van der Waals surface area contributed by atoms with Crippen LogP contribution in [-0.2, 0) is 6.42 Å². The van der Waals surface area contributed by atoms with Gasteiger partial charge < -0.3 is 9.64 Å². The highest BCUT2D eigenvalue weighted by molar-refractivity contribution is 6.01. The van der Waals surface area contributed by atoms with E-state index >= 15 is 0 Å². The second kappa shape index (κ2) is 6.93. The van der Waals surface area contributed by atoms with Crippen molar-refractivity contribution in [2.24, 2.45) is 0 Å². The molecule has 3 heteroatoms. The predicted octanol–water partition coefficient (Wildman–Crippen LogP) is 3.58. The van der Waals surface area contributed by atoms with E-state index in [0.29, 0.717) is 17.9 Å². The first-order chi connectivity index (χ1) is 10.2. The number of rotatable bonds is 6. The van der Waals surface area contributed by atoms with Crippen LogP contribution in [0.15, 0.2) is 48.5 Å². The Balaban J connectivity index is 2.11. The van der Waals surface area contributed by atoms with E-state index in [1.807, 2.05) is 42.3 Å². The zero-order chi connectivity index (χ0) is 15.2. The molecule has 110 valence electrons. The molecule has 2 aromatic rings. The molecule has 0 N–H and O–H groups in total. The number of ketones is 1. The van der Waals surface area contributed by atoms with Crippen molar-refractivity contribution in [2.75, 3.05) is 25.6 Å². The van der Waals surface area contributed by atoms with E-state index in [-0.39, 0.29) is 5.78 Å². The summed E-state index contributed by atoms with van der Waals surface area (Å²) in [5, 5.41) is 0. The molecule has 0 aliphatic heterocycles. The highest BCUT2D eigenvalue weighted by atomic mass is 16.5. The summed E-state index contributed by atoms with van der Waals surface area (Å²) in [5.74, 6) is 0.673. The molecule has 2 aromatic carbocycles. The van der Waals surface area contributed by atoms with E-state index in [0.717, 1.165) is 12.1 Å². The molecule has 0 atom stereocenters. The summed E-state index contributed by atoms with van der Waals surface area (Å²) in [6.07, 6.45) is 1.02. The monoisotopic (exact) mass is 283 g/mol. The van der Waals surface area contributed by atoms with Gasteiger partial charge in [-0.1, -0.05) is 31.2 Å². The second-order valence-corrected chi connectivity index (χ2v) is 5.00. The number of likely N-dealkylation sites (N-methyl/N-ethyl adjacent to an activating group) is 1. The second-order valence-electron chi connectivity index (χ2n) is 5.00. The Bertz CT molecular complexity index is 605. The number of carbonyl (C=O) groups is 1. The van der Waals surface area contributed by atoms with Gasteiger partial charge in [0.05, 0.1) is 19.2 Å². The van der Waals surface area contributed by atoms with Crippen molar-refractivity contribution in [3.8, 4) is 5.75 Å². The summed E-state index contributed by atoms with van der Waals surface area (Å²) >= 11 is 0. The fourth-order valence-electron chi connectivity index (χ4n) is 2.25. The van der Waals surface area contributed by atoms with Gasteiger partial charge in [0.2, 0.25) is 0 Å². The molecule has 0 heterocycles. The zero-order valence-electron chi connectivity index (χ0n) is 12.8. The van der Waals surface area contributed by atoms with Crippen LogP contribution in [0.3, 0.4) is 0 Å². The van der Waals surface area contributed by atoms with Gasteiger partial charge in [-0.3, -0.25) is 4.79 Å². The molecule has 0 aliphatic rings. The number of hydrogen-bond donors (Lipinski definition) is 0. The van der Waals surface area contributed by atoms with Crippen molar-refractivity contribution < 1.29 is 9.53 Å². The molecule has 0 spiro atoms. The third kappa shape index (κ3) is 3.63. The van der Waals surface area contributed by atoms with Crippen molar-refractivity contribution in [3.63, 3.8) is 0 Å². The Morgan fingerprint density at radius 1 is 1.10 bits per heavy atom. The van der Waals surface area contributed by atoms with Crippen LogP contribution in [0.2, 0.25) is 0 Å². The van der Waals surface area contributed by atoms with Crippen molar-refractivity contribution >= 4 is 11.5 Å². The van der Waals surface area contributed by atoms with Gasteiger partial charge in [0.25, 0.3) is 0 Å². The first-order valence-corrected chi connectivity index (χ1v) is 7.12. The Morgan fingerprint density at radius 3 is 2.38 bits per heavy atom. The Morgan fingerprint density at radius 2 is 1.76 bits per heavy atom. The van der Waals surface area contributed by atoms with Crippen molar-refractivity contribution in [2.45, 2.75) is 13.3 Å². The summed E-state index contributed by atoms with van der Waals surface area (Å²) in [7, 11) is 3.51. The summed E-state index contributed by atoms with van der Waals surface area (Å²) in [6, 6.07) is 15.6. The number of anilines is 1. The number of hydrogen-bond acceptors (Lipinski definition) is 3. The van der Waals surface area contributed by atoms with E-state index < -0.39 is 0 Å². The van der Waals surface area contributed by atoms with E-state index in [1.54, 1.807) is 13.2 Å². The lowest BCUT2D eigenvalue weighted by atomic mass is 10.1. The van der Waals surface area contributed by atoms with Crippen LogP contribution in [0, 0.1) is 0 Å². The lowest BCUT2D eigenvalue weighted by Gasteiger charge is -2.19. The van der Waals surface area contributed by atoms with Gasteiger partial charge in [-0.25, -0.2) is 0 Å². The molecule has 0 amide bonds. The lowest BCUT2D eigenvalue weighted by molar-refractivity contribution is 0.0997. The van der Waals surface area contributed by atoms with Gasteiger partial charge in [-0.15, -0.1) is 0 Å². The van der Waals surface area contributed by atoms with Gasteiger partial charge in [-0.2, -0.15) is 0 Å². The Kier molecular flexibility index (Phi) is 4.99. The zero-order valence-corrected chi connectivity index (χ0v) is 12.8. The third-order valence-electron chi connectivity index (χ3n) is 3.57. The van der Waals surface area contributed by atoms with Crippen LogP contribution in [0.25, 0.3) is 0 Å². The summed E-state index contributed by atoms with van der Waals surface area (Å²) in [6.45, 7) is 2.45. The first-order valence-electron chi connectivity index (χ1n) is 7.12. The third-order valence-corrected chi connectivity index (χ3v) is 3.57. The lowest BCUT2D eigenvalue weighted by Crippen LogP contribution is -2.25. The largest absolute Gasteiger partial charge is 0.496 e. The van der Waals surface area contributed by atoms with E-state index in [2.05, 4.69) is 19.1 Å². The minimum Gasteiger partial charge on any atom is -0.496 e. The summed E-state index contributed by atoms with van der Waals surface area (Å²) in [4.78, 5) is 14.4. The van der Waals surface area contributed by atoms with Crippen molar-refractivity contribution in [1.82, 2.24) is 0 Å². The SMILES string of the molecule is CCc1ccc(N(C)CC(=O)c2ccccc2OC)cc1. The van der Waals surface area contributed by atoms with Gasteiger partial charge >= 0.3 is 0 Å². The first kappa shape index (κ1) is 15.1. The average molecular weight is 283 g/mol. The highest BCUT2D eigenvalue weighted by Crippen LogP contribution is 2.20. The normalized spacial score (nSPS) is 10.2. The van der Waals surface area contributed by atoms with Crippen molar-refractivity contribution in [1.29, 1.82) is 0 Å².